The first-order chi connectivity index (χ1) is 10.9. The van der Waals surface area contributed by atoms with Crippen LogP contribution >= 0.6 is 11.8 Å². The van der Waals surface area contributed by atoms with E-state index in [2.05, 4.69) is 4.98 Å². The zero-order chi connectivity index (χ0) is 17.0. The summed E-state index contributed by atoms with van der Waals surface area (Å²) < 4.78 is 5.10. The van der Waals surface area contributed by atoms with Crippen LogP contribution in [0.2, 0.25) is 0 Å². The van der Waals surface area contributed by atoms with Crippen LogP contribution in [0.4, 0.5) is 4.79 Å². The molecule has 6 nitrogen and oxygen atoms in total. The van der Waals surface area contributed by atoms with Crippen molar-refractivity contribution in [1.29, 1.82) is 0 Å². The molecule has 1 fully saturated rings. The number of pyridine rings is 1. The van der Waals surface area contributed by atoms with Gasteiger partial charge in [-0.1, -0.05) is 13.0 Å². The van der Waals surface area contributed by atoms with Crippen LogP contribution in [0.5, 0.6) is 0 Å². The van der Waals surface area contributed by atoms with E-state index in [0.717, 1.165) is 22.4 Å². The SMILES string of the molecule is CC[C@@H](C)OC(=O)CN1C(=O)S/C(=C/c2cccc(C)n2)C1=O. The van der Waals surface area contributed by atoms with Gasteiger partial charge in [0.05, 0.1) is 16.7 Å². The smallest absolute Gasteiger partial charge is 0.326 e. The molecule has 0 radical (unpaired) electrons. The van der Waals surface area contributed by atoms with Crippen molar-refractivity contribution in [3.05, 3.63) is 34.5 Å². The molecule has 1 aromatic rings. The van der Waals surface area contributed by atoms with Gasteiger partial charge in [0, 0.05) is 5.69 Å². The highest BCUT2D eigenvalue weighted by Crippen LogP contribution is 2.31. The zero-order valence-corrected chi connectivity index (χ0v) is 14.1. The first-order valence-corrected chi connectivity index (χ1v) is 8.11. The van der Waals surface area contributed by atoms with Crippen LogP contribution in [0.1, 0.15) is 31.7 Å². The Morgan fingerprint density at radius 3 is 2.83 bits per heavy atom. The highest BCUT2D eigenvalue weighted by atomic mass is 32.2. The number of hydrogen-bond acceptors (Lipinski definition) is 6. The fraction of sp³-hybridized carbons (Fsp3) is 0.375. The molecule has 0 bridgehead atoms. The summed E-state index contributed by atoms with van der Waals surface area (Å²) in [5, 5.41) is -0.477. The summed E-state index contributed by atoms with van der Waals surface area (Å²) in [6.07, 6.45) is 1.99. The van der Waals surface area contributed by atoms with Crippen molar-refractivity contribution < 1.29 is 19.1 Å². The van der Waals surface area contributed by atoms with E-state index in [1.807, 2.05) is 26.0 Å². The molecule has 122 valence electrons. The molecule has 0 spiro atoms. The van der Waals surface area contributed by atoms with E-state index in [-0.39, 0.29) is 17.6 Å². The molecular formula is C16H18N2O4S. The molecule has 7 heteroatoms. The summed E-state index contributed by atoms with van der Waals surface area (Å²) >= 11 is 0.800. The van der Waals surface area contributed by atoms with Crippen LogP contribution in [0.25, 0.3) is 6.08 Å². The average Bonchev–Trinajstić information content (AvgIpc) is 2.74. The summed E-state index contributed by atoms with van der Waals surface area (Å²) in [4.78, 5) is 41.4. The molecule has 0 N–H and O–H groups in total. The molecule has 2 heterocycles. The van der Waals surface area contributed by atoms with Crippen molar-refractivity contribution in [2.45, 2.75) is 33.3 Å². The Bertz CT molecular complexity index is 672. The first-order valence-electron chi connectivity index (χ1n) is 7.29. The minimum absolute atomic E-state index is 0.241. The molecule has 0 saturated carbocycles. The van der Waals surface area contributed by atoms with Crippen molar-refractivity contribution in [2.75, 3.05) is 6.54 Å². The van der Waals surface area contributed by atoms with Crippen LogP contribution in [-0.4, -0.2) is 39.6 Å². The fourth-order valence-electron chi connectivity index (χ4n) is 1.89. The van der Waals surface area contributed by atoms with Crippen molar-refractivity contribution in [3.63, 3.8) is 0 Å². The maximum Gasteiger partial charge on any atom is 0.326 e. The van der Waals surface area contributed by atoms with Crippen LogP contribution in [0.15, 0.2) is 23.1 Å². The number of aromatic nitrogens is 1. The first kappa shape index (κ1) is 17.2. The third-order valence-corrected chi connectivity index (χ3v) is 4.16. The lowest BCUT2D eigenvalue weighted by Crippen LogP contribution is -2.35. The van der Waals surface area contributed by atoms with E-state index in [4.69, 9.17) is 4.74 Å². The van der Waals surface area contributed by atoms with E-state index in [9.17, 15) is 14.4 Å². The van der Waals surface area contributed by atoms with Gasteiger partial charge in [-0.3, -0.25) is 24.3 Å². The predicted molar refractivity (Wildman–Crippen MR) is 87.5 cm³/mol. The second-order valence-electron chi connectivity index (χ2n) is 5.18. The Morgan fingerprint density at radius 2 is 2.17 bits per heavy atom. The number of aryl methyl sites for hydroxylation is 1. The van der Waals surface area contributed by atoms with Crippen molar-refractivity contribution >= 4 is 35.0 Å². The number of imide groups is 1. The number of nitrogens with zero attached hydrogens (tertiary/aromatic N) is 2. The minimum atomic E-state index is -0.586. The highest BCUT2D eigenvalue weighted by Gasteiger charge is 2.36. The zero-order valence-electron chi connectivity index (χ0n) is 13.2. The standard InChI is InChI=1S/C16H18N2O4S/c1-4-11(3)22-14(19)9-18-15(20)13(23-16(18)21)8-12-7-5-6-10(2)17-12/h5-8,11H,4,9H2,1-3H3/b13-8+/t11-/m1/s1. The molecule has 1 atom stereocenters. The van der Waals surface area contributed by atoms with Gasteiger partial charge < -0.3 is 4.74 Å². The number of hydrogen-bond donors (Lipinski definition) is 0. The van der Waals surface area contributed by atoms with Gasteiger partial charge in [-0.2, -0.15) is 0 Å². The Kier molecular flexibility index (Phi) is 5.54. The van der Waals surface area contributed by atoms with E-state index < -0.39 is 17.1 Å². The lowest BCUT2D eigenvalue weighted by molar-refractivity contribution is -0.150. The van der Waals surface area contributed by atoms with E-state index in [0.29, 0.717) is 12.1 Å². The van der Waals surface area contributed by atoms with Crippen LogP contribution in [-0.2, 0) is 14.3 Å². The Morgan fingerprint density at radius 1 is 1.43 bits per heavy atom. The van der Waals surface area contributed by atoms with Gasteiger partial charge in [0.25, 0.3) is 11.1 Å². The molecule has 1 aromatic heterocycles. The Labute approximate surface area is 138 Å². The Balaban J connectivity index is 2.09. The van der Waals surface area contributed by atoms with Gasteiger partial charge in [0.2, 0.25) is 0 Å². The summed E-state index contributed by atoms with van der Waals surface area (Å²) in [7, 11) is 0. The molecule has 2 amide bonds. The largest absolute Gasteiger partial charge is 0.461 e. The number of thioether (sulfide) groups is 1. The monoisotopic (exact) mass is 334 g/mol. The summed E-state index contributed by atoms with van der Waals surface area (Å²) in [5.41, 5.74) is 1.41. The van der Waals surface area contributed by atoms with Gasteiger partial charge >= 0.3 is 5.97 Å². The molecule has 1 saturated heterocycles. The molecular weight excluding hydrogens is 316 g/mol. The van der Waals surface area contributed by atoms with E-state index in [1.165, 1.54) is 0 Å². The lowest BCUT2D eigenvalue weighted by Gasteiger charge is -2.14. The van der Waals surface area contributed by atoms with Crippen LogP contribution < -0.4 is 0 Å². The quantitative estimate of drug-likeness (QED) is 0.609. The highest BCUT2D eigenvalue weighted by molar-refractivity contribution is 8.18. The van der Waals surface area contributed by atoms with Crippen molar-refractivity contribution in [1.82, 2.24) is 9.88 Å². The lowest BCUT2D eigenvalue weighted by atomic mass is 10.3. The maximum absolute atomic E-state index is 12.3. The second kappa shape index (κ2) is 7.41. The van der Waals surface area contributed by atoms with E-state index >= 15 is 0 Å². The average molecular weight is 334 g/mol. The van der Waals surface area contributed by atoms with Crippen LogP contribution in [0, 0.1) is 6.92 Å². The van der Waals surface area contributed by atoms with Gasteiger partial charge in [0.1, 0.15) is 6.54 Å². The summed E-state index contributed by atoms with van der Waals surface area (Å²) in [6, 6.07) is 5.41. The number of carbonyl (C=O) groups excluding carboxylic acids is 3. The predicted octanol–water partition coefficient (Wildman–Crippen LogP) is 2.77. The minimum Gasteiger partial charge on any atom is -0.461 e. The van der Waals surface area contributed by atoms with Gasteiger partial charge in [-0.05, 0) is 50.2 Å². The third-order valence-electron chi connectivity index (χ3n) is 3.26. The molecule has 1 aliphatic heterocycles. The van der Waals surface area contributed by atoms with Gasteiger partial charge in [-0.25, -0.2) is 0 Å². The van der Waals surface area contributed by atoms with E-state index in [1.54, 1.807) is 19.1 Å². The van der Waals surface area contributed by atoms with Crippen LogP contribution in [0.3, 0.4) is 0 Å². The van der Waals surface area contributed by atoms with Crippen molar-refractivity contribution in [3.8, 4) is 0 Å². The number of rotatable bonds is 5. The fourth-order valence-corrected chi connectivity index (χ4v) is 2.71. The molecule has 0 aromatic carbocycles. The number of carbonyl (C=O) groups is 3. The number of esters is 1. The van der Waals surface area contributed by atoms with Crippen molar-refractivity contribution in [2.24, 2.45) is 0 Å². The summed E-state index contributed by atoms with van der Waals surface area (Å²) in [5.74, 6) is -1.08. The number of ether oxygens (including phenoxy) is 1. The molecule has 0 aliphatic carbocycles. The summed E-state index contributed by atoms with van der Waals surface area (Å²) in [6.45, 7) is 5.12. The molecule has 1 aliphatic rings. The normalized spacial score (nSPS) is 17.7. The third kappa shape index (κ3) is 4.41. The number of amides is 2. The Hall–Kier alpha value is -2.15. The second-order valence-corrected chi connectivity index (χ2v) is 6.17. The maximum atomic E-state index is 12.3. The topological polar surface area (TPSA) is 76.6 Å². The molecule has 2 rings (SSSR count). The van der Waals surface area contributed by atoms with Gasteiger partial charge in [0.15, 0.2) is 0 Å². The molecule has 0 unspecified atom stereocenters. The van der Waals surface area contributed by atoms with Gasteiger partial charge in [-0.15, -0.1) is 0 Å². The molecule has 23 heavy (non-hydrogen) atoms.